The van der Waals surface area contributed by atoms with Crippen LogP contribution in [-0.4, -0.2) is 7.05 Å². The van der Waals surface area contributed by atoms with Crippen LogP contribution in [-0.2, 0) is 0 Å². The molecule has 25 heavy (non-hydrogen) atoms. The zero-order valence-corrected chi connectivity index (χ0v) is 15.2. The Kier molecular flexibility index (Phi) is 3.76. The van der Waals surface area contributed by atoms with Crippen LogP contribution < -0.4 is 4.90 Å². The highest BCUT2D eigenvalue weighted by atomic mass is 16.3. The molecule has 2 heteroatoms. The minimum Gasteiger partial charge on any atom is -0.454 e. The summed E-state index contributed by atoms with van der Waals surface area (Å²) in [5.74, 6) is 0.468. The van der Waals surface area contributed by atoms with Gasteiger partial charge < -0.3 is 9.32 Å². The van der Waals surface area contributed by atoms with E-state index in [1.54, 1.807) is 0 Å². The largest absolute Gasteiger partial charge is 0.454 e. The number of nitrogens with zero attached hydrogens (tertiary/aromatic N) is 1. The summed E-state index contributed by atoms with van der Waals surface area (Å²) in [4.78, 5) is 2.25. The fourth-order valence-corrected chi connectivity index (χ4v) is 3.62. The van der Waals surface area contributed by atoms with Gasteiger partial charge in [-0.3, -0.25) is 0 Å². The third-order valence-corrected chi connectivity index (χ3v) is 4.98. The minimum atomic E-state index is 0.468. The van der Waals surface area contributed by atoms with Crippen molar-refractivity contribution in [3.63, 3.8) is 0 Å². The van der Waals surface area contributed by atoms with Crippen LogP contribution >= 0.6 is 0 Å². The molecule has 0 spiro atoms. The zero-order chi connectivity index (χ0) is 17.6. The molecule has 126 valence electrons. The van der Waals surface area contributed by atoms with E-state index in [1.807, 2.05) is 0 Å². The Labute approximate surface area is 148 Å². The van der Waals surface area contributed by atoms with Crippen molar-refractivity contribution in [3.8, 4) is 0 Å². The highest BCUT2D eigenvalue weighted by Crippen LogP contribution is 2.39. The van der Waals surface area contributed by atoms with Crippen molar-refractivity contribution >= 4 is 33.3 Å². The second-order valence-corrected chi connectivity index (χ2v) is 6.98. The fourth-order valence-electron chi connectivity index (χ4n) is 3.62. The van der Waals surface area contributed by atoms with Gasteiger partial charge in [0.05, 0.1) is 5.69 Å². The summed E-state index contributed by atoms with van der Waals surface area (Å²) >= 11 is 0. The monoisotopic (exact) mass is 329 g/mol. The summed E-state index contributed by atoms with van der Waals surface area (Å²) < 4.78 is 6.32. The SMILES string of the molecule is Cc1cccc2c1oc1c(N(C)c3ccccc3C(C)C)cccc12. The lowest BCUT2D eigenvalue weighted by Crippen LogP contribution is -2.12. The second kappa shape index (κ2) is 5.96. The Bertz CT molecular complexity index is 1060. The summed E-state index contributed by atoms with van der Waals surface area (Å²) in [6, 6.07) is 21.3. The van der Waals surface area contributed by atoms with E-state index in [-0.39, 0.29) is 0 Å². The van der Waals surface area contributed by atoms with Crippen LogP contribution in [0.25, 0.3) is 21.9 Å². The third-order valence-electron chi connectivity index (χ3n) is 4.98. The molecule has 4 rings (SSSR count). The standard InChI is InChI=1S/C23H23NO/c1-15(2)17-10-5-6-13-20(17)24(4)21-14-8-12-19-18-11-7-9-16(3)22(18)25-23(19)21/h5-15H,1-4H3. The molecule has 1 heterocycles. The molecule has 1 aromatic heterocycles. The van der Waals surface area contributed by atoms with E-state index in [0.29, 0.717) is 5.92 Å². The quantitative estimate of drug-likeness (QED) is 0.411. The number of para-hydroxylation sites is 3. The topological polar surface area (TPSA) is 16.4 Å². The number of rotatable bonds is 3. The Morgan fingerprint density at radius 1 is 0.760 bits per heavy atom. The molecule has 0 saturated heterocycles. The van der Waals surface area contributed by atoms with Gasteiger partial charge in [-0.25, -0.2) is 0 Å². The lowest BCUT2D eigenvalue weighted by atomic mass is 10.00. The third kappa shape index (κ3) is 2.49. The van der Waals surface area contributed by atoms with Gasteiger partial charge >= 0.3 is 0 Å². The first-order chi connectivity index (χ1) is 12.1. The van der Waals surface area contributed by atoms with E-state index in [4.69, 9.17) is 4.42 Å². The van der Waals surface area contributed by atoms with Gasteiger partial charge in [0, 0.05) is 23.5 Å². The van der Waals surface area contributed by atoms with Crippen LogP contribution in [0, 0.1) is 6.92 Å². The van der Waals surface area contributed by atoms with Crippen molar-refractivity contribution in [2.24, 2.45) is 0 Å². The maximum Gasteiger partial charge on any atom is 0.159 e. The Morgan fingerprint density at radius 2 is 1.40 bits per heavy atom. The first kappa shape index (κ1) is 15.8. The molecule has 3 aromatic carbocycles. The first-order valence-electron chi connectivity index (χ1n) is 8.81. The number of hydrogen-bond donors (Lipinski definition) is 0. The molecule has 0 aliphatic carbocycles. The van der Waals surface area contributed by atoms with Crippen LogP contribution in [0.2, 0.25) is 0 Å². The normalized spacial score (nSPS) is 11.6. The smallest absolute Gasteiger partial charge is 0.159 e. The lowest BCUT2D eigenvalue weighted by molar-refractivity contribution is 0.665. The van der Waals surface area contributed by atoms with E-state index >= 15 is 0 Å². The molecule has 0 N–H and O–H groups in total. The van der Waals surface area contributed by atoms with Gasteiger partial charge in [0.15, 0.2) is 5.58 Å². The van der Waals surface area contributed by atoms with Crippen molar-refractivity contribution in [2.75, 3.05) is 11.9 Å². The summed E-state index contributed by atoms with van der Waals surface area (Å²) in [5.41, 5.74) is 6.77. The Balaban J connectivity index is 1.96. The number of fused-ring (bicyclic) bond motifs is 3. The lowest BCUT2D eigenvalue weighted by Gasteiger charge is -2.24. The molecule has 0 aliphatic heterocycles. The maximum atomic E-state index is 6.32. The van der Waals surface area contributed by atoms with Crippen molar-refractivity contribution in [1.29, 1.82) is 0 Å². The zero-order valence-electron chi connectivity index (χ0n) is 15.2. The molecule has 0 radical (unpaired) electrons. The first-order valence-corrected chi connectivity index (χ1v) is 8.81. The molecule has 0 atom stereocenters. The fraction of sp³-hybridized carbons (Fsp3) is 0.217. The van der Waals surface area contributed by atoms with Gasteiger partial charge in [-0.15, -0.1) is 0 Å². The van der Waals surface area contributed by atoms with Crippen LogP contribution in [0.3, 0.4) is 0 Å². The van der Waals surface area contributed by atoms with Crippen LogP contribution in [0.5, 0.6) is 0 Å². The molecule has 0 bridgehead atoms. The maximum absolute atomic E-state index is 6.32. The Hall–Kier alpha value is -2.74. The van der Waals surface area contributed by atoms with E-state index in [1.165, 1.54) is 27.6 Å². The van der Waals surface area contributed by atoms with E-state index in [2.05, 4.69) is 93.4 Å². The summed E-state index contributed by atoms with van der Waals surface area (Å²) in [5, 5.41) is 2.35. The van der Waals surface area contributed by atoms with Crippen LogP contribution in [0.4, 0.5) is 11.4 Å². The van der Waals surface area contributed by atoms with E-state index in [9.17, 15) is 0 Å². The van der Waals surface area contributed by atoms with Gasteiger partial charge in [-0.05, 0) is 36.1 Å². The van der Waals surface area contributed by atoms with Gasteiger partial charge in [0.1, 0.15) is 5.58 Å². The molecular weight excluding hydrogens is 306 g/mol. The van der Waals surface area contributed by atoms with Gasteiger partial charge in [0.2, 0.25) is 0 Å². The molecule has 0 amide bonds. The van der Waals surface area contributed by atoms with E-state index < -0.39 is 0 Å². The number of benzene rings is 3. The summed E-state index contributed by atoms with van der Waals surface area (Å²) in [7, 11) is 2.12. The average molecular weight is 329 g/mol. The number of anilines is 2. The van der Waals surface area contributed by atoms with Crippen LogP contribution in [0.1, 0.15) is 30.9 Å². The average Bonchev–Trinajstić information content (AvgIpc) is 3.01. The number of aryl methyl sites for hydroxylation is 1. The molecule has 0 fully saturated rings. The van der Waals surface area contributed by atoms with Crippen molar-refractivity contribution in [3.05, 3.63) is 71.8 Å². The van der Waals surface area contributed by atoms with E-state index in [0.717, 1.165) is 16.9 Å². The molecule has 4 aromatic rings. The van der Waals surface area contributed by atoms with Gasteiger partial charge in [0.25, 0.3) is 0 Å². The highest BCUT2D eigenvalue weighted by Gasteiger charge is 2.17. The van der Waals surface area contributed by atoms with Crippen molar-refractivity contribution < 1.29 is 4.42 Å². The van der Waals surface area contributed by atoms with Crippen LogP contribution in [0.15, 0.2) is 65.1 Å². The predicted molar refractivity (Wildman–Crippen MR) is 107 cm³/mol. The minimum absolute atomic E-state index is 0.468. The molecular formula is C23H23NO. The summed E-state index contributed by atoms with van der Waals surface area (Å²) in [6.07, 6.45) is 0. The molecule has 0 saturated carbocycles. The number of hydrogen-bond acceptors (Lipinski definition) is 2. The van der Waals surface area contributed by atoms with Crippen molar-refractivity contribution in [2.45, 2.75) is 26.7 Å². The number of furan rings is 1. The van der Waals surface area contributed by atoms with Gasteiger partial charge in [-0.2, -0.15) is 0 Å². The highest BCUT2D eigenvalue weighted by molar-refractivity contribution is 6.10. The summed E-state index contributed by atoms with van der Waals surface area (Å²) in [6.45, 7) is 6.57. The van der Waals surface area contributed by atoms with Gasteiger partial charge in [-0.1, -0.05) is 62.4 Å². The van der Waals surface area contributed by atoms with Crippen molar-refractivity contribution in [1.82, 2.24) is 0 Å². The molecule has 2 nitrogen and oxygen atoms in total. The molecule has 0 aliphatic rings. The second-order valence-electron chi connectivity index (χ2n) is 6.98. The Morgan fingerprint density at radius 3 is 2.16 bits per heavy atom. The molecule has 0 unspecified atom stereocenters. The predicted octanol–water partition coefficient (Wildman–Crippen LogP) is 6.79.